The Balaban J connectivity index is 2.11. The van der Waals surface area contributed by atoms with E-state index < -0.39 is 17.4 Å². The van der Waals surface area contributed by atoms with Crippen molar-refractivity contribution in [3.63, 3.8) is 0 Å². The fourth-order valence-electron chi connectivity index (χ4n) is 3.15. The largest absolute Gasteiger partial charge is 0.497 e. The highest BCUT2D eigenvalue weighted by atomic mass is 16.6. The lowest BCUT2D eigenvalue weighted by molar-refractivity contribution is -0.165. The van der Waals surface area contributed by atoms with Gasteiger partial charge in [-0.2, -0.15) is 0 Å². The molecule has 1 heterocycles. The summed E-state index contributed by atoms with van der Waals surface area (Å²) in [6, 6.07) is 14.8. The van der Waals surface area contributed by atoms with Gasteiger partial charge in [0.2, 0.25) is 0 Å². The molecule has 0 bridgehead atoms. The molecule has 1 aliphatic heterocycles. The molecular formula is C19H18O5. The van der Waals surface area contributed by atoms with Crippen LogP contribution in [-0.2, 0) is 19.7 Å². The van der Waals surface area contributed by atoms with Crippen molar-refractivity contribution in [3.05, 3.63) is 59.7 Å². The van der Waals surface area contributed by atoms with Crippen molar-refractivity contribution in [1.82, 2.24) is 0 Å². The maximum Gasteiger partial charge on any atom is 0.314 e. The Kier molecular flexibility index (Phi) is 4.25. The van der Waals surface area contributed by atoms with Crippen LogP contribution in [0.25, 0.3) is 0 Å². The summed E-state index contributed by atoms with van der Waals surface area (Å²) in [5.41, 5.74) is 1.00. The Hall–Kier alpha value is -2.82. The van der Waals surface area contributed by atoms with Gasteiger partial charge in [-0.05, 0) is 35.4 Å². The zero-order chi connectivity index (χ0) is 17.2. The number of hydrogen-bond donors (Lipinski definition) is 0. The van der Waals surface area contributed by atoms with Crippen molar-refractivity contribution < 1.29 is 23.8 Å². The Labute approximate surface area is 140 Å². The molecule has 1 saturated heterocycles. The molecule has 0 N–H and O–H groups in total. The molecule has 1 fully saturated rings. The van der Waals surface area contributed by atoms with Crippen LogP contribution in [0.1, 0.15) is 24.0 Å². The van der Waals surface area contributed by atoms with Gasteiger partial charge in [0.1, 0.15) is 11.5 Å². The molecule has 0 spiro atoms. The normalized spacial score (nSPS) is 16.4. The molecule has 5 heteroatoms. The molecule has 0 aromatic heterocycles. The number of methoxy groups -OCH3 is 2. The van der Waals surface area contributed by atoms with Crippen molar-refractivity contribution in [2.75, 3.05) is 14.2 Å². The van der Waals surface area contributed by atoms with E-state index in [0.29, 0.717) is 11.5 Å². The molecule has 1 aliphatic rings. The van der Waals surface area contributed by atoms with Crippen LogP contribution in [0.2, 0.25) is 0 Å². The zero-order valence-electron chi connectivity index (χ0n) is 13.6. The van der Waals surface area contributed by atoms with Crippen LogP contribution in [0.3, 0.4) is 0 Å². The molecule has 0 aliphatic carbocycles. The Morgan fingerprint density at radius 3 is 1.46 bits per heavy atom. The van der Waals surface area contributed by atoms with Gasteiger partial charge in [-0.25, -0.2) is 0 Å². The topological polar surface area (TPSA) is 61.8 Å². The third-order valence-corrected chi connectivity index (χ3v) is 4.41. The second kappa shape index (κ2) is 6.35. The molecular weight excluding hydrogens is 308 g/mol. The molecule has 2 aromatic carbocycles. The smallest absolute Gasteiger partial charge is 0.314 e. The summed E-state index contributed by atoms with van der Waals surface area (Å²) in [6.07, 6.45) is 0.217. The summed E-state index contributed by atoms with van der Waals surface area (Å²) in [5.74, 6) is 0.400. The number of benzene rings is 2. The lowest BCUT2D eigenvalue weighted by Gasteiger charge is -2.36. The van der Waals surface area contributed by atoms with Crippen LogP contribution in [0.5, 0.6) is 11.5 Å². The standard InChI is InChI=1S/C19H18O5/c1-22-15-7-3-13(4-8-15)19(11-17(20)24-18(21)12-19)14-5-9-16(23-2)10-6-14/h3-10H,11-12H2,1-2H3. The summed E-state index contributed by atoms with van der Waals surface area (Å²) < 4.78 is 15.1. The summed E-state index contributed by atoms with van der Waals surface area (Å²) >= 11 is 0. The van der Waals surface area contributed by atoms with E-state index in [2.05, 4.69) is 0 Å². The summed E-state index contributed by atoms with van der Waals surface area (Å²) in [6.45, 7) is 0. The van der Waals surface area contributed by atoms with Gasteiger partial charge in [-0.1, -0.05) is 24.3 Å². The van der Waals surface area contributed by atoms with Crippen molar-refractivity contribution >= 4 is 11.9 Å². The Morgan fingerprint density at radius 1 is 0.750 bits per heavy atom. The third kappa shape index (κ3) is 2.85. The first kappa shape index (κ1) is 16.1. The van der Waals surface area contributed by atoms with E-state index in [4.69, 9.17) is 14.2 Å². The van der Waals surface area contributed by atoms with Gasteiger partial charge in [0.25, 0.3) is 0 Å². The Morgan fingerprint density at radius 2 is 1.12 bits per heavy atom. The highest BCUT2D eigenvalue weighted by Crippen LogP contribution is 2.42. The van der Waals surface area contributed by atoms with Crippen LogP contribution >= 0.6 is 0 Å². The molecule has 0 atom stereocenters. The van der Waals surface area contributed by atoms with Crippen LogP contribution in [-0.4, -0.2) is 26.2 Å². The first-order valence-electron chi connectivity index (χ1n) is 7.60. The third-order valence-electron chi connectivity index (χ3n) is 4.41. The minimum Gasteiger partial charge on any atom is -0.497 e. The fourth-order valence-corrected chi connectivity index (χ4v) is 3.15. The van der Waals surface area contributed by atoms with Crippen LogP contribution in [0, 0.1) is 0 Å². The predicted molar refractivity (Wildman–Crippen MR) is 87.1 cm³/mol. The van der Waals surface area contributed by atoms with Crippen LogP contribution in [0.15, 0.2) is 48.5 Å². The Bertz CT molecular complexity index is 681. The van der Waals surface area contributed by atoms with Gasteiger partial charge in [-0.15, -0.1) is 0 Å². The monoisotopic (exact) mass is 326 g/mol. The molecule has 124 valence electrons. The van der Waals surface area contributed by atoms with Crippen LogP contribution < -0.4 is 9.47 Å². The minimum absolute atomic E-state index is 0.109. The van der Waals surface area contributed by atoms with E-state index in [0.717, 1.165) is 11.1 Å². The van der Waals surface area contributed by atoms with E-state index in [9.17, 15) is 9.59 Å². The summed E-state index contributed by atoms with van der Waals surface area (Å²) in [7, 11) is 3.19. The fraction of sp³-hybridized carbons (Fsp3) is 0.263. The molecule has 0 saturated carbocycles. The van der Waals surface area contributed by atoms with Crippen molar-refractivity contribution in [2.24, 2.45) is 0 Å². The zero-order valence-corrected chi connectivity index (χ0v) is 13.6. The highest BCUT2D eigenvalue weighted by molar-refractivity contribution is 5.91. The highest BCUT2D eigenvalue weighted by Gasteiger charge is 2.44. The van der Waals surface area contributed by atoms with Gasteiger partial charge in [0.05, 0.1) is 27.1 Å². The van der Waals surface area contributed by atoms with Crippen molar-refractivity contribution in [1.29, 1.82) is 0 Å². The molecule has 5 nitrogen and oxygen atoms in total. The average Bonchev–Trinajstić information content (AvgIpc) is 2.61. The van der Waals surface area contributed by atoms with Crippen LogP contribution in [0.4, 0.5) is 0 Å². The number of ether oxygens (including phenoxy) is 3. The average molecular weight is 326 g/mol. The number of cyclic esters (lactones) is 2. The van der Waals surface area contributed by atoms with E-state index in [1.54, 1.807) is 14.2 Å². The van der Waals surface area contributed by atoms with Gasteiger partial charge >= 0.3 is 11.9 Å². The maximum absolute atomic E-state index is 12.0. The SMILES string of the molecule is COc1ccc(C2(c3ccc(OC)cc3)CC(=O)OC(=O)C2)cc1. The quantitative estimate of drug-likeness (QED) is 0.639. The maximum atomic E-state index is 12.0. The minimum atomic E-state index is -0.745. The van der Waals surface area contributed by atoms with Gasteiger partial charge in [0.15, 0.2) is 0 Å². The predicted octanol–water partition coefficient (Wildman–Crippen LogP) is 2.85. The van der Waals surface area contributed by atoms with E-state index in [1.165, 1.54) is 0 Å². The van der Waals surface area contributed by atoms with Gasteiger partial charge in [-0.3, -0.25) is 9.59 Å². The molecule has 24 heavy (non-hydrogen) atoms. The molecule has 3 rings (SSSR count). The first-order valence-corrected chi connectivity index (χ1v) is 7.60. The molecule has 0 amide bonds. The first-order chi connectivity index (χ1) is 11.6. The number of hydrogen-bond acceptors (Lipinski definition) is 5. The van der Waals surface area contributed by atoms with Crippen molar-refractivity contribution in [3.8, 4) is 11.5 Å². The van der Waals surface area contributed by atoms with Gasteiger partial charge < -0.3 is 14.2 Å². The summed E-state index contributed by atoms with van der Waals surface area (Å²) in [4.78, 5) is 24.0. The molecule has 0 unspecified atom stereocenters. The van der Waals surface area contributed by atoms with Gasteiger partial charge in [0, 0.05) is 5.41 Å². The van der Waals surface area contributed by atoms with E-state index >= 15 is 0 Å². The van der Waals surface area contributed by atoms with E-state index in [-0.39, 0.29) is 12.8 Å². The van der Waals surface area contributed by atoms with Crippen molar-refractivity contribution in [2.45, 2.75) is 18.3 Å². The number of rotatable bonds is 4. The summed E-state index contributed by atoms with van der Waals surface area (Å²) in [5, 5.41) is 0. The molecule has 0 radical (unpaired) electrons. The lowest BCUT2D eigenvalue weighted by atomic mass is 9.69. The second-order valence-electron chi connectivity index (χ2n) is 5.74. The van der Waals surface area contributed by atoms with E-state index in [1.807, 2.05) is 48.5 Å². The number of carbonyl (C=O) groups excluding carboxylic acids is 2. The lowest BCUT2D eigenvalue weighted by Crippen LogP contribution is -2.40. The molecule has 2 aromatic rings. The number of esters is 2. The number of carbonyl (C=O) groups is 2. The second-order valence-corrected chi connectivity index (χ2v) is 5.74.